The zero-order valence-electron chi connectivity index (χ0n) is 12.6. The van der Waals surface area contributed by atoms with E-state index in [-0.39, 0.29) is 22.3 Å². The Bertz CT molecular complexity index is 739. The summed E-state index contributed by atoms with van der Waals surface area (Å²) < 4.78 is 5.32. The SMILES string of the molecule is O=C(O)C(=C1SCCCN1C(=O)COc1ccc(Cl)cc1Cl)[N+](=O)[O-]. The minimum Gasteiger partial charge on any atom is -0.482 e. The van der Waals surface area contributed by atoms with Crippen molar-refractivity contribution in [3.63, 3.8) is 0 Å². The van der Waals surface area contributed by atoms with E-state index in [9.17, 15) is 19.7 Å². The highest BCUT2D eigenvalue weighted by Crippen LogP contribution is 2.31. The van der Waals surface area contributed by atoms with Crippen molar-refractivity contribution in [2.24, 2.45) is 0 Å². The van der Waals surface area contributed by atoms with Gasteiger partial charge in [0, 0.05) is 17.3 Å². The summed E-state index contributed by atoms with van der Waals surface area (Å²) in [6, 6.07) is 4.46. The number of nitro groups is 1. The molecule has 1 amide bonds. The summed E-state index contributed by atoms with van der Waals surface area (Å²) in [6.07, 6.45) is 0.576. The van der Waals surface area contributed by atoms with Gasteiger partial charge in [0.2, 0.25) is 0 Å². The van der Waals surface area contributed by atoms with E-state index >= 15 is 0 Å². The molecule has 0 saturated carbocycles. The summed E-state index contributed by atoms with van der Waals surface area (Å²) >= 11 is 12.7. The van der Waals surface area contributed by atoms with Crippen molar-refractivity contribution in [2.45, 2.75) is 6.42 Å². The third kappa shape index (κ3) is 4.77. The first kappa shape index (κ1) is 19.4. The number of ether oxygens (including phenoxy) is 1. The molecule has 0 radical (unpaired) electrons. The number of benzene rings is 1. The van der Waals surface area contributed by atoms with Crippen LogP contribution < -0.4 is 4.74 Å². The number of hydrogen-bond acceptors (Lipinski definition) is 6. The lowest BCUT2D eigenvalue weighted by Gasteiger charge is -2.28. The fourth-order valence-electron chi connectivity index (χ4n) is 2.06. The highest BCUT2D eigenvalue weighted by atomic mass is 35.5. The molecule has 1 aliphatic heterocycles. The Kier molecular flexibility index (Phi) is 6.51. The minimum atomic E-state index is -1.70. The van der Waals surface area contributed by atoms with Gasteiger partial charge in [0.25, 0.3) is 5.91 Å². The van der Waals surface area contributed by atoms with Crippen LogP contribution in [0.5, 0.6) is 5.75 Å². The predicted octanol–water partition coefficient (Wildman–Crippen LogP) is 2.87. The summed E-state index contributed by atoms with van der Waals surface area (Å²) in [5.74, 6) is -1.60. The molecule has 8 nitrogen and oxygen atoms in total. The predicted molar refractivity (Wildman–Crippen MR) is 92.4 cm³/mol. The Hall–Kier alpha value is -1.97. The zero-order chi connectivity index (χ0) is 18.6. The van der Waals surface area contributed by atoms with Gasteiger partial charge in [-0.3, -0.25) is 19.8 Å². The monoisotopic (exact) mass is 406 g/mol. The second-order valence-corrected chi connectivity index (χ2v) is 6.75. The summed E-state index contributed by atoms with van der Waals surface area (Å²) in [7, 11) is 0. The van der Waals surface area contributed by atoms with Gasteiger partial charge in [0.1, 0.15) is 5.75 Å². The second-order valence-electron chi connectivity index (χ2n) is 4.83. The lowest BCUT2D eigenvalue weighted by molar-refractivity contribution is -0.422. The van der Waals surface area contributed by atoms with E-state index in [1.807, 2.05) is 0 Å². The van der Waals surface area contributed by atoms with Crippen molar-refractivity contribution in [2.75, 3.05) is 18.9 Å². The van der Waals surface area contributed by atoms with Crippen LogP contribution in [0.2, 0.25) is 10.0 Å². The normalized spacial score (nSPS) is 16.3. The quantitative estimate of drug-likeness (QED) is 0.454. The average molecular weight is 407 g/mol. The molecule has 2 rings (SSSR count). The smallest absolute Gasteiger partial charge is 0.410 e. The molecule has 0 aromatic heterocycles. The topological polar surface area (TPSA) is 110 Å². The maximum absolute atomic E-state index is 12.4. The van der Waals surface area contributed by atoms with Crippen molar-refractivity contribution < 1.29 is 24.4 Å². The van der Waals surface area contributed by atoms with Crippen molar-refractivity contribution in [1.29, 1.82) is 0 Å². The molecule has 0 aliphatic carbocycles. The van der Waals surface area contributed by atoms with Crippen LogP contribution in [0.15, 0.2) is 28.9 Å². The number of hydrogen-bond donors (Lipinski definition) is 1. The number of carboxylic acid groups (broad SMARTS) is 1. The van der Waals surface area contributed by atoms with E-state index in [4.69, 9.17) is 33.0 Å². The highest BCUT2D eigenvalue weighted by molar-refractivity contribution is 8.03. The van der Waals surface area contributed by atoms with Crippen molar-refractivity contribution in [3.05, 3.63) is 49.1 Å². The van der Waals surface area contributed by atoms with Crippen LogP contribution in [-0.4, -0.2) is 45.7 Å². The van der Waals surface area contributed by atoms with E-state index in [0.29, 0.717) is 17.2 Å². The summed E-state index contributed by atoms with van der Waals surface area (Å²) in [6.45, 7) is -0.278. The maximum Gasteiger partial charge on any atom is 0.410 e. The largest absolute Gasteiger partial charge is 0.482 e. The van der Waals surface area contributed by atoms with Crippen LogP contribution in [-0.2, 0) is 9.59 Å². The van der Waals surface area contributed by atoms with Gasteiger partial charge in [-0.1, -0.05) is 23.2 Å². The maximum atomic E-state index is 12.4. The number of carbonyl (C=O) groups excluding carboxylic acids is 1. The van der Waals surface area contributed by atoms with Gasteiger partial charge in [-0.25, -0.2) is 4.79 Å². The number of nitrogens with zero attached hydrogens (tertiary/aromatic N) is 2. The number of aliphatic carboxylic acids is 1. The molecule has 1 fully saturated rings. The molecule has 0 atom stereocenters. The number of carbonyl (C=O) groups is 2. The summed E-state index contributed by atoms with van der Waals surface area (Å²) in [5.41, 5.74) is -1.03. The Balaban J connectivity index is 2.19. The van der Waals surface area contributed by atoms with Gasteiger partial charge in [-0.2, -0.15) is 0 Å². The van der Waals surface area contributed by atoms with Gasteiger partial charge in [-0.15, -0.1) is 11.8 Å². The average Bonchev–Trinajstić information content (AvgIpc) is 2.53. The second kappa shape index (κ2) is 8.41. The van der Waals surface area contributed by atoms with Crippen LogP contribution in [0.1, 0.15) is 6.42 Å². The zero-order valence-corrected chi connectivity index (χ0v) is 14.9. The molecule has 1 aromatic carbocycles. The Morgan fingerprint density at radius 2 is 2.12 bits per heavy atom. The summed E-state index contributed by atoms with van der Waals surface area (Å²) in [4.78, 5) is 34.6. The molecule has 1 N–H and O–H groups in total. The van der Waals surface area contributed by atoms with Crippen LogP contribution in [0.25, 0.3) is 0 Å². The Morgan fingerprint density at radius 1 is 1.40 bits per heavy atom. The lowest BCUT2D eigenvalue weighted by atomic mass is 10.3. The van der Waals surface area contributed by atoms with Crippen molar-refractivity contribution in [1.82, 2.24) is 4.90 Å². The number of rotatable bonds is 5. The Labute approximate surface area is 156 Å². The molecule has 1 aliphatic rings. The fourth-order valence-corrected chi connectivity index (χ4v) is 3.64. The molecule has 0 spiro atoms. The third-order valence-corrected chi connectivity index (χ3v) is 4.85. The van der Waals surface area contributed by atoms with Gasteiger partial charge in [-0.05, 0) is 24.6 Å². The highest BCUT2D eigenvalue weighted by Gasteiger charge is 2.35. The van der Waals surface area contributed by atoms with Gasteiger partial charge >= 0.3 is 11.7 Å². The summed E-state index contributed by atoms with van der Waals surface area (Å²) in [5, 5.41) is 20.5. The molecule has 0 bridgehead atoms. The first-order valence-corrected chi connectivity index (χ1v) is 8.68. The molecular weight excluding hydrogens is 395 g/mol. The molecule has 0 unspecified atom stereocenters. The Morgan fingerprint density at radius 3 is 2.72 bits per heavy atom. The van der Waals surface area contributed by atoms with E-state index < -0.39 is 29.1 Å². The first-order valence-electron chi connectivity index (χ1n) is 6.94. The van der Waals surface area contributed by atoms with Crippen LogP contribution in [0.4, 0.5) is 0 Å². The number of amides is 1. The molecule has 11 heteroatoms. The van der Waals surface area contributed by atoms with E-state index in [1.165, 1.54) is 18.2 Å². The standard InChI is InChI=1S/C14H12Cl2N2O6S/c15-8-2-3-10(9(16)6-8)24-7-11(19)17-4-1-5-25-13(17)12(14(20)21)18(22)23/h2-3,6H,1,4-5,7H2,(H,20,21). The third-order valence-electron chi connectivity index (χ3n) is 3.14. The number of halogens is 2. The van der Waals surface area contributed by atoms with Crippen molar-refractivity contribution in [3.8, 4) is 5.75 Å². The first-order chi connectivity index (χ1) is 11.8. The number of carboxylic acids is 1. The molecule has 134 valence electrons. The molecule has 1 aromatic rings. The molecular formula is C14H12Cl2N2O6S. The fraction of sp³-hybridized carbons (Fsp3) is 0.286. The number of thioether (sulfide) groups is 1. The minimum absolute atomic E-state index is 0.170. The molecule has 1 heterocycles. The van der Waals surface area contributed by atoms with E-state index in [0.717, 1.165) is 16.7 Å². The van der Waals surface area contributed by atoms with Crippen LogP contribution in [0.3, 0.4) is 0 Å². The van der Waals surface area contributed by atoms with Crippen LogP contribution >= 0.6 is 35.0 Å². The lowest BCUT2D eigenvalue weighted by Crippen LogP contribution is -2.38. The van der Waals surface area contributed by atoms with Crippen molar-refractivity contribution >= 4 is 46.8 Å². The van der Waals surface area contributed by atoms with Gasteiger partial charge < -0.3 is 9.84 Å². The van der Waals surface area contributed by atoms with Crippen LogP contribution in [0, 0.1) is 10.1 Å². The molecule has 25 heavy (non-hydrogen) atoms. The van der Waals surface area contributed by atoms with E-state index in [2.05, 4.69) is 0 Å². The van der Waals surface area contributed by atoms with Gasteiger partial charge in [0.15, 0.2) is 11.6 Å². The van der Waals surface area contributed by atoms with E-state index in [1.54, 1.807) is 0 Å². The van der Waals surface area contributed by atoms with Gasteiger partial charge in [0.05, 0.1) is 9.95 Å². The molecule has 1 saturated heterocycles.